The van der Waals surface area contributed by atoms with Crippen molar-refractivity contribution in [2.75, 3.05) is 46.9 Å². The molecule has 0 saturated carbocycles. The van der Waals surface area contributed by atoms with Crippen LogP contribution in [0.2, 0.25) is 0 Å². The summed E-state index contributed by atoms with van der Waals surface area (Å²) in [5.41, 5.74) is 6.17. The minimum Gasteiger partial charge on any atom is -0.381 e. The summed E-state index contributed by atoms with van der Waals surface area (Å²) in [4.78, 5) is 4.75. The van der Waals surface area contributed by atoms with Crippen molar-refractivity contribution in [3.63, 3.8) is 0 Å². The second kappa shape index (κ2) is 7.31. The lowest BCUT2D eigenvalue weighted by atomic mass is 9.95. The van der Waals surface area contributed by atoms with Crippen LogP contribution in [0.5, 0.6) is 0 Å². The van der Waals surface area contributed by atoms with Crippen molar-refractivity contribution in [1.29, 1.82) is 0 Å². The maximum atomic E-state index is 6.17. The highest BCUT2D eigenvalue weighted by Crippen LogP contribution is 2.15. The van der Waals surface area contributed by atoms with Crippen molar-refractivity contribution in [3.05, 3.63) is 0 Å². The summed E-state index contributed by atoms with van der Waals surface area (Å²) >= 11 is 0. The Morgan fingerprint density at radius 3 is 2.65 bits per heavy atom. The van der Waals surface area contributed by atoms with Crippen molar-refractivity contribution in [3.8, 4) is 0 Å². The van der Waals surface area contributed by atoms with Crippen LogP contribution in [0.15, 0.2) is 0 Å². The lowest BCUT2D eigenvalue weighted by molar-refractivity contribution is 0.0194. The van der Waals surface area contributed by atoms with Gasteiger partial charge in [0.25, 0.3) is 0 Å². The summed E-state index contributed by atoms with van der Waals surface area (Å²) in [5, 5.41) is 0. The minimum atomic E-state index is 0.310. The Hall–Kier alpha value is -0.160. The van der Waals surface area contributed by atoms with E-state index in [-0.39, 0.29) is 0 Å². The second-order valence-corrected chi connectivity index (χ2v) is 5.49. The Morgan fingerprint density at radius 2 is 2.12 bits per heavy atom. The van der Waals surface area contributed by atoms with Gasteiger partial charge in [-0.25, -0.2) is 0 Å². The van der Waals surface area contributed by atoms with Crippen molar-refractivity contribution in [1.82, 2.24) is 9.80 Å². The van der Waals surface area contributed by atoms with E-state index in [1.807, 2.05) is 0 Å². The van der Waals surface area contributed by atoms with Gasteiger partial charge in [0, 0.05) is 37.7 Å². The second-order valence-electron chi connectivity index (χ2n) is 5.49. The Kier molecular flexibility index (Phi) is 6.41. The summed E-state index contributed by atoms with van der Waals surface area (Å²) in [6, 6.07) is 0.883. The molecule has 1 saturated heterocycles. The van der Waals surface area contributed by atoms with Gasteiger partial charge in [0.05, 0.1) is 6.61 Å². The molecular weight excluding hydrogens is 214 g/mol. The van der Waals surface area contributed by atoms with E-state index in [1.54, 1.807) is 0 Å². The number of rotatable bonds is 6. The minimum absolute atomic E-state index is 0.310. The first-order valence-corrected chi connectivity index (χ1v) is 6.76. The molecule has 4 nitrogen and oxygen atoms in total. The van der Waals surface area contributed by atoms with Gasteiger partial charge in [0.15, 0.2) is 0 Å². The van der Waals surface area contributed by atoms with Crippen molar-refractivity contribution in [2.24, 2.45) is 11.7 Å². The van der Waals surface area contributed by atoms with Crippen LogP contribution in [0.25, 0.3) is 0 Å². The van der Waals surface area contributed by atoms with Gasteiger partial charge in [-0.15, -0.1) is 0 Å². The van der Waals surface area contributed by atoms with Gasteiger partial charge in [0.1, 0.15) is 0 Å². The molecule has 4 heteroatoms. The topological polar surface area (TPSA) is 41.7 Å². The summed E-state index contributed by atoms with van der Waals surface area (Å²) in [6.45, 7) is 9.41. The van der Waals surface area contributed by atoms with E-state index in [9.17, 15) is 0 Å². The highest BCUT2D eigenvalue weighted by atomic mass is 16.5. The van der Waals surface area contributed by atoms with Gasteiger partial charge in [-0.05, 0) is 34.0 Å². The number of ether oxygens (including phenoxy) is 1. The van der Waals surface area contributed by atoms with Crippen LogP contribution >= 0.6 is 0 Å². The number of likely N-dealkylation sites (N-methyl/N-ethyl adjacent to an activating group) is 2. The van der Waals surface area contributed by atoms with Gasteiger partial charge >= 0.3 is 0 Å². The van der Waals surface area contributed by atoms with Crippen LogP contribution < -0.4 is 5.73 Å². The van der Waals surface area contributed by atoms with Crippen molar-refractivity contribution >= 4 is 0 Å². The third-order valence-electron chi connectivity index (χ3n) is 3.66. The number of hydrogen-bond acceptors (Lipinski definition) is 4. The van der Waals surface area contributed by atoms with Crippen molar-refractivity contribution < 1.29 is 4.74 Å². The molecule has 0 radical (unpaired) electrons. The van der Waals surface area contributed by atoms with E-state index in [0.717, 1.165) is 39.3 Å². The molecule has 1 aliphatic heterocycles. The summed E-state index contributed by atoms with van der Waals surface area (Å²) in [7, 11) is 4.25. The van der Waals surface area contributed by atoms with E-state index in [4.69, 9.17) is 10.5 Å². The van der Waals surface area contributed by atoms with E-state index in [2.05, 4.69) is 37.7 Å². The van der Waals surface area contributed by atoms with Crippen molar-refractivity contribution in [2.45, 2.75) is 32.4 Å². The predicted octanol–water partition coefficient (Wildman–Crippen LogP) is 0.622. The fourth-order valence-electron chi connectivity index (χ4n) is 2.57. The molecule has 1 heterocycles. The van der Waals surface area contributed by atoms with Crippen LogP contribution in [-0.4, -0.2) is 68.8 Å². The molecule has 1 rings (SSSR count). The molecule has 102 valence electrons. The summed E-state index contributed by atoms with van der Waals surface area (Å²) < 4.78 is 5.54. The van der Waals surface area contributed by atoms with Crippen LogP contribution in [0.1, 0.15) is 20.3 Å². The summed E-state index contributed by atoms with van der Waals surface area (Å²) in [5.74, 6) is 0.494. The maximum absolute atomic E-state index is 6.17. The van der Waals surface area contributed by atoms with E-state index < -0.39 is 0 Å². The molecule has 0 aromatic rings. The first-order valence-electron chi connectivity index (χ1n) is 6.76. The molecule has 0 amide bonds. The van der Waals surface area contributed by atoms with Crippen LogP contribution in [-0.2, 0) is 4.74 Å². The monoisotopic (exact) mass is 243 g/mol. The Balaban J connectivity index is 2.44. The molecule has 0 aromatic carbocycles. The third-order valence-corrected chi connectivity index (χ3v) is 3.66. The lowest BCUT2D eigenvalue weighted by Gasteiger charge is -2.36. The van der Waals surface area contributed by atoms with Crippen LogP contribution in [0.3, 0.4) is 0 Å². The van der Waals surface area contributed by atoms with Crippen LogP contribution in [0.4, 0.5) is 0 Å². The number of nitrogens with two attached hydrogens (primary N) is 1. The molecule has 0 aromatic heterocycles. The molecule has 0 spiro atoms. The molecule has 0 aliphatic carbocycles. The van der Waals surface area contributed by atoms with Gasteiger partial charge in [-0.3, -0.25) is 4.90 Å². The molecule has 0 bridgehead atoms. The molecule has 1 aliphatic rings. The van der Waals surface area contributed by atoms with E-state index >= 15 is 0 Å². The molecular formula is C13H29N3O. The average Bonchev–Trinajstić information content (AvgIpc) is 2.27. The smallest absolute Gasteiger partial charge is 0.0521 e. The Morgan fingerprint density at radius 1 is 1.41 bits per heavy atom. The Labute approximate surface area is 106 Å². The zero-order valence-electron chi connectivity index (χ0n) is 11.9. The fraction of sp³-hybridized carbons (Fsp3) is 1.00. The van der Waals surface area contributed by atoms with Gasteiger partial charge in [-0.1, -0.05) is 6.92 Å². The van der Waals surface area contributed by atoms with Gasteiger partial charge in [0.2, 0.25) is 0 Å². The lowest BCUT2D eigenvalue weighted by Crippen LogP contribution is -2.49. The average molecular weight is 243 g/mol. The SMILES string of the molecule is CCN(CC1COCCC1N)C(C)CN(C)C. The molecule has 3 atom stereocenters. The zero-order valence-corrected chi connectivity index (χ0v) is 11.9. The summed E-state index contributed by atoms with van der Waals surface area (Å²) in [6.07, 6.45) is 1.00. The highest BCUT2D eigenvalue weighted by molar-refractivity contribution is 4.81. The fourth-order valence-corrected chi connectivity index (χ4v) is 2.57. The standard InChI is InChI=1S/C13H29N3O/c1-5-16(11(2)8-15(3)4)9-12-10-17-7-6-13(12)14/h11-13H,5-10,14H2,1-4H3. The predicted molar refractivity (Wildman–Crippen MR) is 72.2 cm³/mol. The quantitative estimate of drug-likeness (QED) is 0.743. The molecule has 17 heavy (non-hydrogen) atoms. The van der Waals surface area contributed by atoms with Gasteiger partial charge < -0.3 is 15.4 Å². The molecule has 2 N–H and O–H groups in total. The maximum Gasteiger partial charge on any atom is 0.0521 e. The Bertz CT molecular complexity index is 211. The van der Waals surface area contributed by atoms with E-state index in [0.29, 0.717) is 18.0 Å². The normalized spacial score (nSPS) is 27.7. The zero-order chi connectivity index (χ0) is 12.8. The third kappa shape index (κ3) is 4.92. The van der Waals surface area contributed by atoms with Gasteiger partial charge in [-0.2, -0.15) is 0 Å². The molecule has 3 unspecified atom stereocenters. The highest BCUT2D eigenvalue weighted by Gasteiger charge is 2.26. The largest absolute Gasteiger partial charge is 0.381 e. The van der Waals surface area contributed by atoms with Crippen LogP contribution in [0, 0.1) is 5.92 Å². The van der Waals surface area contributed by atoms with E-state index in [1.165, 1.54) is 0 Å². The first kappa shape index (κ1) is 14.9. The number of hydrogen-bond donors (Lipinski definition) is 1. The number of nitrogens with zero attached hydrogens (tertiary/aromatic N) is 2. The molecule has 1 fully saturated rings. The first-order chi connectivity index (χ1) is 8.04.